The highest BCUT2D eigenvalue weighted by atomic mass is 32.2. The summed E-state index contributed by atoms with van der Waals surface area (Å²) in [6.07, 6.45) is 0. The van der Waals surface area contributed by atoms with E-state index in [2.05, 4.69) is 5.10 Å². The molecule has 32 valence electrons. The third-order valence-electron chi connectivity index (χ3n) is 0.435. The first kappa shape index (κ1) is 3.80. The Hall–Kier alpha value is -0.380. The second-order valence-electron chi connectivity index (χ2n) is 0.869. The first-order valence-electron chi connectivity index (χ1n) is 1.48. The van der Waals surface area contributed by atoms with Crippen LogP contribution >= 0.6 is 11.8 Å². The van der Waals surface area contributed by atoms with Gasteiger partial charge in [0.2, 0.25) is 0 Å². The smallest absolute Gasteiger partial charge is 0.0294 e. The van der Waals surface area contributed by atoms with Gasteiger partial charge in [-0.2, -0.15) is 0 Å². The van der Waals surface area contributed by atoms with Crippen molar-refractivity contribution in [2.75, 3.05) is 5.88 Å². The largest absolute Gasteiger partial charge is 0.278 e. The van der Waals surface area contributed by atoms with E-state index in [0.29, 0.717) is 10.7 Å². The molecule has 0 radical (unpaired) electrons. The number of rotatable bonds is 0. The summed E-state index contributed by atoms with van der Waals surface area (Å²) in [6.45, 7) is 0. The second kappa shape index (κ2) is 1.38. The van der Waals surface area contributed by atoms with Crippen molar-refractivity contribution in [2.45, 2.75) is 0 Å². The predicted octanol–water partition coefficient (Wildman–Crippen LogP) is 0.413. The fourth-order valence-corrected chi connectivity index (χ4v) is 0.649. The second-order valence-corrected chi connectivity index (χ2v) is 1.67. The molecule has 1 heterocycles. The standard InChI is InChI=1S/C2H3N2OS/c5-4-2-6-1-3-4/h1H,2H2/q+1. The predicted molar refractivity (Wildman–Crippen MR) is 24.6 cm³/mol. The summed E-state index contributed by atoms with van der Waals surface area (Å²) in [5, 5.41) is 3.35. The summed E-state index contributed by atoms with van der Waals surface area (Å²) >= 11 is 1.40. The zero-order chi connectivity index (χ0) is 4.41. The molecule has 0 aromatic rings. The highest BCUT2D eigenvalue weighted by Crippen LogP contribution is 2.01. The topological polar surface area (TPSA) is 32.4 Å². The van der Waals surface area contributed by atoms with E-state index in [0.717, 1.165) is 0 Å². The maximum atomic E-state index is 9.94. The first-order valence-corrected chi connectivity index (χ1v) is 2.53. The third kappa shape index (κ3) is 0.567. The maximum absolute atomic E-state index is 9.94. The average molecular weight is 103 g/mol. The van der Waals surface area contributed by atoms with Crippen LogP contribution in [0.3, 0.4) is 0 Å². The van der Waals surface area contributed by atoms with Crippen LogP contribution in [0.5, 0.6) is 0 Å². The minimum absolute atomic E-state index is 0.458. The van der Waals surface area contributed by atoms with Crippen molar-refractivity contribution in [3.05, 3.63) is 4.91 Å². The molecule has 0 unspecified atom stereocenters. The van der Waals surface area contributed by atoms with Gasteiger partial charge in [-0.1, -0.05) is 0 Å². The van der Waals surface area contributed by atoms with E-state index in [1.54, 1.807) is 0 Å². The van der Waals surface area contributed by atoms with Gasteiger partial charge in [-0.25, -0.2) is 0 Å². The molecular weight excluding hydrogens is 100 g/mol. The van der Waals surface area contributed by atoms with Crippen LogP contribution in [0.25, 0.3) is 0 Å². The molecule has 4 heteroatoms. The van der Waals surface area contributed by atoms with E-state index >= 15 is 0 Å². The van der Waals surface area contributed by atoms with Gasteiger partial charge < -0.3 is 0 Å². The van der Waals surface area contributed by atoms with Gasteiger partial charge in [-0.3, -0.25) is 0 Å². The number of nitroso groups, excluding NO2 is 1. The van der Waals surface area contributed by atoms with Gasteiger partial charge >= 0.3 is 0 Å². The lowest BCUT2D eigenvalue weighted by molar-refractivity contribution is -0.530. The van der Waals surface area contributed by atoms with Gasteiger partial charge in [0.05, 0.1) is 4.91 Å². The van der Waals surface area contributed by atoms with Gasteiger partial charge in [0.1, 0.15) is 5.55 Å². The van der Waals surface area contributed by atoms with Crippen LogP contribution in [-0.2, 0) is 0 Å². The zero-order valence-electron chi connectivity index (χ0n) is 3.00. The summed E-state index contributed by atoms with van der Waals surface area (Å²) in [7, 11) is 0. The number of hydrogen-bond acceptors (Lipinski definition) is 2. The van der Waals surface area contributed by atoms with E-state index in [4.69, 9.17) is 0 Å². The van der Waals surface area contributed by atoms with Gasteiger partial charge in [0.25, 0.3) is 5.88 Å². The fraction of sp³-hybridized carbons (Fsp3) is 0.500. The van der Waals surface area contributed by atoms with Crippen LogP contribution in [0.15, 0.2) is 5.10 Å². The molecule has 6 heavy (non-hydrogen) atoms. The zero-order valence-corrected chi connectivity index (χ0v) is 3.81. The molecule has 0 saturated heterocycles. The van der Waals surface area contributed by atoms with Crippen molar-refractivity contribution in [1.29, 1.82) is 0 Å². The Kier molecular flexibility index (Phi) is 0.874. The Morgan fingerprint density at radius 2 is 2.83 bits per heavy atom. The molecule has 0 fully saturated rings. The molecule has 0 spiro atoms. The van der Waals surface area contributed by atoms with Gasteiger partial charge in [-0.05, 0) is 11.8 Å². The Balaban J connectivity index is 2.59. The minimum atomic E-state index is 0.458. The maximum Gasteiger partial charge on any atom is 0.278 e. The summed E-state index contributed by atoms with van der Waals surface area (Å²) in [5.74, 6) is 0.458. The molecule has 3 nitrogen and oxygen atoms in total. The molecule has 1 rings (SSSR count). The van der Waals surface area contributed by atoms with Gasteiger partial charge in [-0.15, -0.1) is 0 Å². The number of hydrogen-bond donors (Lipinski definition) is 0. The summed E-state index contributed by atoms with van der Waals surface area (Å²) in [5.41, 5.74) is 1.53. The monoisotopic (exact) mass is 103 g/mol. The van der Waals surface area contributed by atoms with Crippen molar-refractivity contribution in [3.8, 4) is 0 Å². The fourth-order valence-electron chi connectivity index (χ4n) is 0.216. The molecule has 1 aliphatic heterocycles. The molecule has 0 aromatic carbocycles. The third-order valence-corrected chi connectivity index (χ3v) is 1.05. The Labute approximate surface area is 39.0 Å². The molecule has 0 saturated carbocycles. The highest BCUT2D eigenvalue weighted by molar-refractivity contribution is 8.12. The Bertz CT molecular complexity index is 99.7. The van der Waals surface area contributed by atoms with Gasteiger partial charge in [0, 0.05) is 5.10 Å². The summed E-state index contributed by atoms with van der Waals surface area (Å²) in [6, 6.07) is 0. The van der Waals surface area contributed by atoms with Crippen molar-refractivity contribution in [1.82, 2.24) is 0 Å². The van der Waals surface area contributed by atoms with E-state index in [-0.39, 0.29) is 0 Å². The van der Waals surface area contributed by atoms with Crippen molar-refractivity contribution >= 4 is 17.3 Å². The summed E-state index contributed by atoms with van der Waals surface area (Å²) < 4.78 is 0. The molecule has 0 aromatic heterocycles. The van der Waals surface area contributed by atoms with Gasteiger partial charge in [0.15, 0.2) is 4.87 Å². The van der Waals surface area contributed by atoms with Crippen LogP contribution in [0.2, 0.25) is 0 Å². The van der Waals surface area contributed by atoms with Crippen LogP contribution < -0.4 is 0 Å². The lowest BCUT2D eigenvalue weighted by atomic mass is 11.5. The Morgan fingerprint density at radius 3 is 3.00 bits per heavy atom. The number of thioether (sulfide) groups is 1. The lowest BCUT2D eigenvalue weighted by Gasteiger charge is -1.59. The molecule has 0 aliphatic carbocycles. The molecular formula is C2H3N2OS+. The van der Waals surface area contributed by atoms with E-state index in [1.807, 2.05) is 0 Å². The molecule has 0 bridgehead atoms. The van der Waals surface area contributed by atoms with Crippen molar-refractivity contribution in [3.63, 3.8) is 0 Å². The minimum Gasteiger partial charge on any atom is -0.0294 e. The molecule has 1 aliphatic rings. The number of nitrogens with zero attached hydrogens (tertiary/aromatic N) is 2. The molecule has 0 amide bonds. The average Bonchev–Trinajstić information content (AvgIpc) is 1.86. The van der Waals surface area contributed by atoms with Crippen LogP contribution in [0, 0.1) is 4.91 Å². The summed E-state index contributed by atoms with van der Waals surface area (Å²) in [4.78, 5) is 10.6. The quantitative estimate of drug-likeness (QED) is 0.416. The Morgan fingerprint density at radius 1 is 2.00 bits per heavy atom. The lowest BCUT2D eigenvalue weighted by Crippen LogP contribution is -1.87. The van der Waals surface area contributed by atoms with E-state index < -0.39 is 0 Å². The van der Waals surface area contributed by atoms with Crippen molar-refractivity contribution < 1.29 is 4.87 Å². The molecule has 0 N–H and O–H groups in total. The normalized spacial score (nSPS) is 19.7. The SMILES string of the molecule is O=[N+]1CSC=N1. The highest BCUT2D eigenvalue weighted by Gasteiger charge is 2.09. The van der Waals surface area contributed by atoms with Crippen LogP contribution in [0.4, 0.5) is 0 Å². The number of hydrazone groups is 1. The van der Waals surface area contributed by atoms with E-state index in [1.165, 1.54) is 17.3 Å². The van der Waals surface area contributed by atoms with E-state index in [9.17, 15) is 4.91 Å². The van der Waals surface area contributed by atoms with Crippen LogP contribution in [0.1, 0.15) is 0 Å². The van der Waals surface area contributed by atoms with Crippen LogP contribution in [-0.4, -0.2) is 16.3 Å². The first-order chi connectivity index (χ1) is 2.89. The van der Waals surface area contributed by atoms with Crippen molar-refractivity contribution in [2.24, 2.45) is 5.10 Å². The molecule has 0 atom stereocenters.